The van der Waals surface area contributed by atoms with Crippen molar-refractivity contribution in [3.8, 4) is 0 Å². The molecule has 3 heteroatoms. The minimum Gasteiger partial charge on any atom is -0.369 e. The molecule has 1 saturated heterocycles. The van der Waals surface area contributed by atoms with Crippen molar-refractivity contribution in [1.29, 1.82) is 0 Å². The average Bonchev–Trinajstić information content (AvgIpc) is 2.67. The van der Waals surface area contributed by atoms with E-state index in [9.17, 15) is 0 Å². The Bertz CT molecular complexity index is 368. The normalized spacial score (nSPS) is 18.7. The van der Waals surface area contributed by atoms with Crippen LogP contribution in [0, 0.1) is 0 Å². The third-order valence-corrected chi connectivity index (χ3v) is 3.92. The van der Waals surface area contributed by atoms with E-state index in [1.165, 1.54) is 31.7 Å². The Labute approximate surface area is 111 Å². The van der Waals surface area contributed by atoms with Gasteiger partial charge in [0, 0.05) is 50.7 Å². The van der Waals surface area contributed by atoms with Crippen LogP contribution >= 0.6 is 0 Å². The summed E-state index contributed by atoms with van der Waals surface area (Å²) in [5.74, 6) is 0. The second kappa shape index (κ2) is 5.79. The molecule has 0 aromatic carbocycles. The van der Waals surface area contributed by atoms with Crippen LogP contribution in [-0.2, 0) is 0 Å². The predicted molar refractivity (Wildman–Crippen MR) is 78.4 cm³/mol. The molecule has 102 valence electrons. The molecule has 1 aliphatic heterocycles. The third-order valence-electron chi connectivity index (χ3n) is 3.92. The lowest BCUT2D eigenvalue weighted by atomic mass is 10.3. The van der Waals surface area contributed by atoms with Gasteiger partial charge in [0.15, 0.2) is 0 Å². The van der Waals surface area contributed by atoms with Gasteiger partial charge in [-0.2, -0.15) is 0 Å². The summed E-state index contributed by atoms with van der Waals surface area (Å²) in [6.45, 7) is 13.8. The molecule has 0 bridgehead atoms. The van der Waals surface area contributed by atoms with Crippen molar-refractivity contribution in [2.75, 3.05) is 31.1 Å². The van der Waals surface area contributed by atoms with Gasteiger partial charge in [-0.25, -0.2) is 0 Å². The zero-order valence-electron chi connectivity index (χ0n) is 12.3. The minimum absolute atomic E-state index is 0.554. The van der Waals surface area contributed by atoms with E-state index in [4.69, 9.17) is 0 Å². The quantitative estimate of drug-likeness (QED) is 0.816. The van der Waals surface area contributed by atoms with Gasteiger partial charge in [0.25, 0.3) is 0 Å². The summed E-state index contributed by atoms with van der Waals surface area (Å²) >= 11 is 0. The highest BCUT2D eigenvalue weighted by Gasteiger charge is 2.17. The van der Waals surface area contributed by atoms with Crippen molar-refractivity contribution in [3.05, 3.63) is 18.5 Å². The van der Waals surface area contributed by atoms with Crippen LogP contribution < -0.4 is 4.90 Å². The summed E-state index contributed by atoms with van der Waals surface area (Å²) in [7, 11) is 0. The molecular weight excluding hydrogens is 222 g/mol. The van der Waals surface area contributed by atoms with E-state index in [0.717, 1.165) is 6.54 Å². The maximum absolute atomic E-state index is 2.58. The first-order chi connectivity index (χ1) is 8.58. The fraction of sp³-hybridized carbons (Fsp3) is 0.733. The first-order valence-corrected chi connectivity index (χ1v) is 7.24. The van der Waals surface area contributed by atoms with Crippen molar-refractivity contribution in [1.82, 2.24) is 9.47 Å². The Morgan fingerprint density at radius 1 is 0.944 bits per heavy atom. The lowest BCUT2D eigenvalue weighted by molar-refractivity contribution is 0.238. The lowest BCUT2D eigenvalue weighted by Gasteiger charge is -2.25. The topological polar surface area (TPSA) is 11.4 Å². The largest absolute Gasteiger partial charge is 0.369 e. The van der Waals surface area contributed by atoms with Crippen molar-refractivity contribution in [2.24, 2.45) is 0 Å². The molecule has 0 N–H and O–H groups in total. The molecule has 3 nitrogen and oxygen atoms in total. The summed E-state index contributed by atoms with van der Waals surface area (Å²) < 4.78 is 2.29. The maximum Gasteiger partial charge on any atom is 0.0546 e. The zero-order valence-corrected chi connectivity index (χ0v) is 12.3. The van der Waals surface area contributed by atoms with Gasteiger partial charge in [-0.3, -0.25) is 4.90 Å². The molecule has 0 radical (unpaired) electrons. The number of hydrogen-bond donors (Lipinski definition) is 0. The van der Waals surface area contributed by atoms with E-state index >= 15 is 0 Å². The molecule has 2 heterocycles. The highest BCUT2D eigenvalue weighted by molar-refractivity contribution is 5.45. The number of aromatic nitrogens is 1. The van der Waals surface area contributed by atoms with E-state index in [-0.39, 0.29) is 0 Å². The van der Waals surface area contributed by atoms with Crippen LogP contribution in [0.2, 0.25) is 0 Å². The fourth-order valence-electron chi connectivity index (χ4n) is 2.62. The molecule has 0 unspecified atom stereocenters. The SMILES string of the molecule is CC(C)N1CCCN(c2ccn(C(C)C)c2)CC1. The van der Waals surface area contributed by atoms with Gasteiger partial charge < -0.3 is 9.47 Å². The number of hydrogen-bond acceptors (Lipinski definition) is 2. The molecule has 1 aromatic rings. The Balaban J connectivity index is 2.00. The van der Waals surface area contributed by atoms with Crippen LogP contribution in [0.3, 0.4) is 0 Å². The van der Waals surface area contributed by atoms with Gasteiger partial charge in [-0.1, -0.05) is 0 Å². The second-order valence-electron chi connectivity index (χ2n) is 5.88. The van der Waals surface area contributed by atoms with Crippen LogP contribution in [0.4, 0.5) is 5.69 Å². The van der Waals surface area contributed by atoms with Crippen molar-refractivity contribution in [2.45, 2.75) is 46.2 Å². The number of rotatable bonds is 3. The number of anilines is 1. The first-order valence-electron chi connectivity index (χ1n) is 7.24. The highest BCUT2D eigenvalue weighted by Crippen LogP contribution is 2.20. The molecule has 0 aliphatic carbocycles. The van der Waals surface area contributed by atoms with Crippen molar-refractivity contribution < 1.29 is 0 Å². The van der Waals surface area contributed by atoms with E-state index in [0.29, 0.717) is 12.1 Å². The Morgan fingerprint density at radius 2 is 1.72 bits per heavy atom. The average molecular weight is 249 g/mol. The Hall–Kier alpha value is -0.960. The van der Waals surface area contributed by atoms with E-state index < -0.39 is 0 Å². The lowest BCUT2D eigenvalue weighted by Crippen LogP contribution is -2.35. The van der Waals surface area contributed by atoms with Gasteiger partial charge in [-0.15, -0.1) is 0 Å². The molecule has 0 amide bonds. The predicted octanol–water partition coefficient (Wildman–Crippen LogP) is 2.99. The first kappa shape index (κ1) is 13.5. The number of nitrogens with zero attached hydrogens (tertiary/aromatic N) is 3. The zero-order chi connectivity index (χ0) is 13.1. The van der Waals surface area contributed by atoms with E-state index in [2.05, 4.69) is 60.5 Å². The van der Waals surface area contributed by atoms with Gasteiger partial charge in [-0.05, 0) is 40.2 Å². The standard InChI is InChI=1S/C15H27N3/c1-13(2)16-7-5-8-17(11-10-16)15-6-9-18(12-15)14(3)4/h6,9,12-14H,5,7-8,10-11H2,1-4H3. The van der Waals surface area contributed by atoms with Crippen LogP contribution in [-0.4, -0.2) is 41.7 Å². The molecular formula is C15H27N3. The summed E-state index contributed by atoms with van der Waals surface area (Å²) in [4.78, 5) is 5.11. The van der Waals surface area contributed by atoms with Gasteiger partial charge in [0.1, 0.15) is 0 Å². The molecule has 0 atom stereocenters. The molecule has 2 rings (SSSR count). The van der Waals surface area contributed by atoms with Crippen LogP contribution in [0.25, 0.3) is 0 Å². The molecule has 0 saturated carbocycles. The van der Waals surface area contributed by atoms with Crippen molar-refractivity contribution in [3.63, 3.8) is 0 Å². The summed E-state index contributed by atoms with van der Waals surface area (Å²) in [5.41, 5.74) is 1.38. The Kier molecular flexibility index (Phi) is 4.33. The fourth-order valence-corrected chi connectivity index (χ4v) is 2.62. The van der Waals surface area contributed by atoms with Crippen LogP contribution in [0.15, 0.2) is 18.5 Å². The van der Waals surface area contributed by atoms with Crippen LogP contribution in [0.1, 0.15) is 40.2 Å². The summed E-state index contributed by atoms with van der Waals surface area (Å²) in [5, 5.41) is 0. The molecule has 18 heavy (non-hydrogen) atoms. The van der Waals surface area contributed by atoms with E-state index in [1.807, 2.05) is 0 Å². The van der Waals surface area contributed by atoms with Crippen molar-refractivity contribution >= 4 is 5.69 Å². The smallest absolute Gasteiger partial charge is 0.0546 e. The summed E-state index contributed by atoms with van der Waals surface area (Å²) in [6, 6.07) is 3.48. The molecule has 1 aliphatic rings. The van der Waals surface area contributed by atoms with Crippen LogP contribution in [0.5, 0.6) is 0 Å². The maximum atomic E-state index is 2.58. The van der Waals surface area contributed by atoms with E-state index in [1.54, 1.807) is 0 Å². The molecule has 0 spiro atoms. The third kappa shape index (κ3) is 3.08. The molecule has 1 aromatic heterocycles. The minimum atomic E-state index is 0.554. The highest BCUT2D eigenvalue weighted by atomic mass is 15.2. The van der Waals surface area contributed by atoms with Gasteiger partial charge in [0.05, 0.1) is 5.69 Å². The molecule has 1 fully saturated rings. The summed E-state index contributed by atoms with van der Waals surface area (Å²) in [6.07, 6.45) is 5.76. The van der Waals surface area contributed by atoms with Gasteiger partial charge in [0.2, 0.25) is 0 Å². The van der Waals surface area contributed by atoms with Gasteiger partial charge >= 0.3 is 0 Å². The Morgan fingerprint density at radius 3 is 2.33 bits per heavy atom. The second-order valence-corrected chi connectivity index (χ2v) is 5.88. The monoisotopic (exact) mass is 249 g/mol.